The number of carbonyl (C=O) groups excluding carboxylic acids is 2. The average molecular weight is 477 g/mol. The van der Waals surface area contributed by atoms with Crippen LogP contribution in [-0.4, -0.2) is 53.7 Å². The minimum Gasteiger partial charge on any atom is -0.479 e. The number of fused-ring (bicyclic) bond motifs is 3. The van der Waals surface area contributed by atoms with Crippen molar-refractivity contribution in [2.75, 3.05) is 20.2 Å². The van der Waals surface area contributed by atoms with Gasteiger partial charge in [0.1, 0.15) is 12.1 Å². The molecule has 0 unspecified atom stereocenters. The maximum atomic E-state index is 13.2. The highest BCUT2D eigenvalue weighted by Crippen LogP contribution is 2.45. The molecule has 2 atom stereocenters. The van der Waals surface area contributed by atoms with Gasteiger partial charge >= 0.3 is 12.1 Å². The lowest BCUT2D eigenvalue weighted by atomic mass is 9.78. The van der Waals surface area contributed by atoms with E-state index in [1.165, 1.54) is 16.0 Å². The van der Waals surface area contributed by atoms with Crippen LogP contribution in [-0.2, 0) is 14.3 Å². The largest absolute Gasteiger partial charge is 0.479 e. The van der Waals surface area contributed by atoms with Crippen LogP contribution in [0.4, 0.5) is 4.79 Å². The highest BCUT2D eigenvalue weighted by molar-refractivity contribution is 5.90. The van der Waals surface area contributed by atoms with Crippen molar-refractivity contribution in [1.29, 1.82) is 0 Å². The molecule has 5 rings (SSSR count). The lowest BCUT2D eigenvalue weighted by Crippen LogP contribution is -2.50. The van der Waals surface area contributed by atoms with Gasteiger partial charge in [-0.2, -0.15) is 0 Å². The van der Waals surface area contributed by atoms with E-state index in [0.29, 0.717) is 19.4 Å². The van der Waals surface area contributed by atoms with Crippen LogP contribution in [0, 0.1) is 11.8 Å². The lowest BCUT2D eigenvalue weighted by Gasteiger charge is -2.35. The molecule has 0 saturated heterocycles. The zero-order valence-electron chi connectivity index (χ0n) is 20.0. The topological polar surface area (TPSA) is 95.9 Å². The minimum atomic E-state index is -1.04. The van der Waals surface area contributed by atoms with E-state index in [2.05, 4.69) is 29.6 Å². The molecular formula is C28H32N2O5. The number of nitrogens with one attached hydrogen (secondary N) is 1. The van der Waals surface area contributed by atoms with Crippen LogP contribution in [0.2, 0.25) is 0 Å². The predicted octanol–water partition coefficient (Wildman–Crippen LogP) is 4.41. The van der Waals surface area contributed by atoms with Gasteiger partial charge < -0.3 is 20.1 Å². The number of carboxylic acid groups (broad SMARTS) is 1. The highest BCUT2D eigenvalue weighted by atomic mass is 16.5. The molecule has 0 radical (unpaired) electrons. The fourth-order valence-electron chi connectivity index (χ4n) is 5.91. The number of carboxylic acids is 1. The summed E-state index contributed by atoms with van der Waals surface area (Å²) in [5.41, 5.74) is 3.64. The molecule has 7 heteroatoms. The van der Waals surface area contributed by atoms with Crippen molar-refractivity contribution in [2.45, 2.75) is 50.0 Å². The molecule has 35 heavy (non-hydrogen) atoms. The van der Waals surface area contributed by atoms with E-state index in [0.717, 1.165) is 36.8 Å². The summed E-state index contributed by atoms with van der Waals surface area (Å²) in [5.74, 6) is -1.36. The first-order valence-electron chi connectivity index (χ1n) is 12.5. The molecule has 2 fully saturated rings. The van der Waals surface area contributed by atoms with Gasteiger partial charge in [0, 0.05) is 25.4 Å². The number of benzene rings is 2. The van der Waals surface area contributed by atoms with E-state index in [-0.39, 0.29) is 30.3 Å². The Morgan fingerprint density at radius 3 is 2.20 bits per heavy atom. The van der Waals surface area contributed by atoms with Gasteiger partial charge in [0.15, 0.2) is 0 Å². The number of alkyl carbamates (subject to hydrolysis) is 1. The third kappa shape index (κ3) is 4.28. The van der Waals surface area contributed by atoms with Crippen molar-refractivity contribution in [2.24, 2.45) is 11.8 Å². The van der Waals surface area contributed by atoms with Gasteiger partial charge in [-0.25, -0.2) is 9.59 Å². The number of amides is 2. The fourth-order valence-corrected chi connectivity index (χ4v) is 5.91. The fraction of sp³-hybridized carbons (Fsp3) is 0.464. The second-order valence-corrected chi connectivity index (χ2v) is 10.1. The normalized spacial score (nSPS) is 22.0. The van der Waals surface area contributed by atoms with E-state index in [4.69, 9.17) is 4.74 Å². The number of ether oxygens (including phenoxy) is 1. The summed E-state index contributed by atoms with van der Waals surface area (Å²) in [4.78, 5) is 38.9. The minimum absolute atomic E-state index is 0.00319. The Hall–Kier alpha value is -3.35. The number of hydrogen-bond acceptors (Lipinski definition) is 4. The maximum absolute atomic E-state index is 13.2. The van der Waals surface area contributed by atoms with Crippen LogP contribution < -0.4 is 5.32 Å². The van der Waals surface area contributed by atoms with Crippen molar-refractivity contribution in [3.8, 4) is 11.1 Å². The molecule has 3 aliphatic carbocycles. The van der Waals surface area contributed by atoms with E-state index < -0.39 is 17.6 Å². The molecule has 2 aromatic rings. The Morgan fingerprint density at radius 1 is 1.00 bits per heavy atom. The molecule has 2 aromatic carbocycles. The molecule has 7 nitrogen and oxygen atoms in total. The molecule has 184 valence electrons. The zero-order valence-corrected chi connectivity index (χ0v) is 20.0. The summed E-state index contributed by atoms with van der Waals surface area (Å²) in [7, 11) is 1.61. The molecule has 2 N–H and O–H groups in total. The molecule has 0 heterocycles. The predicted molar refractivity (Wildman–Crippen MR) is 131 cm³/mol. The van der Waals surface area contributed by atoms with Gasteiger partial charge in [-0.1, -0.05) is 61.4 Å². The monoisotopic (exact) mass is 476 g/mol. The Balaban J connectivity index is 1.19. The molecule has 2 saturated carbocycles. The summed E-state index contributed by atoms with van der Waals surface area (Å²) in [5, 5.41) is 12.4. The smallest absolute Gasteiger partial charge is 0.407 e. The summed E-state index contributed by atoms with van der Waals surface area (Å²) in [6.45, 7) is 0.595. The van der Waals surface area contributed by atoms with Crippen molar-refractivity contribution in [1.82, 2.24) is 10.2 Å². The molecule has 3 aliphatic rings. The van der Waals surface area contributed by atoms with Gasteiger partial charge in [-0.15, -0.1) is 0 Å². The molecule has 0 aromatic heterocycles. The second-order valence-electron chi connectivity index (χ2n) is 10.1. The van der Waals surface area contributed by atoms with E-state index in [9.17, 15) is 19.5 Å². The number of rotatable bonds is 7. The van der Waals surface area contributed by atoms with Gasteiger partial charge in [-0.05, 0) is 53.9 Å². The first-order chi connectivity index (χ1) is 16.9. The number of carbonyl (C=O) groups is 3. The first kappa shape index (κ1) is 23.4. The molecule has 2 amide bonds. The number of hydrogen-bond donors (Lipinski definition) is 2. The van der Waals surface area contributed by atoms with Crippen LogP contribution in [0.3, 0.4) is 0 Å². The number of nitrogens with zero attached hydrogens (tertiary/aromatic N) is 1. The molecule has 0 spiro atoms. The molecule has 0 bridgehead atoms. The highest BCUT2D eigenvalue weighted by Gasteiger charge is 2.56. The van der Waals surface area contributed by atoms with E-state index in [1.807, 2.05) is 24.3 Å². The van der Waals surface area contributed by atoms with Crippen molar-refractivity contribution >= 4 is 18.0 Å². The van der Waals surface area contributed by atoms with Crippen LogP contribution in [0.15, 0.2) is 48.5 Å². The Labute approximate surface area is 205 Å². The average Bonchev–Trinajstić information content (AvgIpc) is 3.64. The summed E-state index contributed by atoms with van der Waals surface area (Å²) in [6, 6.07) is 16.4. The van der Waals surface area contributed by atoms with Gasteiger partial charge in [0.2, 0.25) is 5.91 Å². The first-order valence-corrected chi connectivity index (χ1v) is 12.5. The summed E-state index contributed by atoms with van der Waals surface area (Å²) < 4.78 is 5.65. The second kappa shape index (κ2) is 9.36. The lowest BCUT2D eigenvalue weighted by molar-refractivity contribution is -0.154. The van der Waals surface area contributed by atoms with Crippen LogP contribution in [0.25, 0.3) is 11.1 Å². The van der Waals surface area contributed by atoms with Gasteiger partial charge in [0.05, 0.1) is 0 Å². The zero-order chi connectivity index (χ0) is 24.6. The standard InChI is InChI=1S/C28H32N2O5/c1-30(28(14-15-28)26(32)33)25(31)19-9-3-2-8-18(19)16-29-27(34)35-17-24-22-12-6-4-10-20(22)21-11-5-7-13-23(21)24/h4-7,10-13,18-19,24H,2-3,8-9,14-17H2,1H3,(H,29,34)(H,32,33)/t18-,19-/m0/s1. The third-order valence-electron chi connectivity index (χ3n) is 8.17. The quantitative estimate of drug-likeness (QED) is 0.617. The number of likely N-dealkylation sites (N-methyl/N-ethyl adjacent to an activating group) is 1. The van der Waals surface area contributed by atoms with E-state index in [1.54, 1.807) is 7.05 Å². The summed E-state index contributed by atoms with van der Waals surface area (Å²) in [6.07, 6.45) is 3.99. The molecule has 0 aliphatic heterocycles. The van der Waals surface area contributed by atoms with Crippen molar-refractivity contribution in [3.05, 3.63) is 59.7 Å². The summed E-state index contributed by atoms with van der Waals surface area (Å²) >= 11 is 0. The Kier molecular flexibility index (Phi) is 6.26. The van der Waals surface area contributed by atoms with Gasteiger partial charge in [0.25, 0.3) is 0 Å². The molecular weight excluding hydrogens is 444 g/mol. The third-order valence-corrected chi connectivity index (χ3v) is 8.17. The van der Waals surface area contributed by atoms with Crippen molar-refractivity contribution < 1.29 is 24.2 Å². The van der Waals surface area contributed by atoms with Gasteiger partial charge in [-0.3, -0.25) is 4.79 Å². The van der Waals surface area contributed by atoms with Crippen molar-refractivity contribution in [3.63, 3.8) is 0 Å². The van der Waals surface area contributed by atoms with E-state index >= 15 is 0 Å². The Morgan fingerprint density at radius 2 is 1.60 bits per heavy atom. The maximum Gasteiger partial charge on any atom is 0.407 e. The van der Waals surface area contributed by atoms with Crippen LogP contribution in [0.1, 0.15) is 55.6 Å². The number of aliphatic carboxylic acids is 1. The van der Waals surface area contributed by atoms with Crippen LogP contribution >= 0.6 is 0 Å². The van der Waals surface area contributed by atoms with Crippen LogP contribution in [0.5, 0.6) is 0 Å². The Bertz CT molecular complexity index is 1100. The SMILES string of the molecule is CN(C(=O)[C@H]1CCCC[C@H]1CNC(=O)OCC1c2ccccc2-c2ccccc21)C1(C(=O)O)CC1.